The first kappa shape index (κ1) is 64.5. The molecule has 144 valence electrons. The fourth-order valence-corrected chi connectivity index (χ4v) is 0.820. The molecule has 0 aliphatic carbocycles. The zero-order chi connectivity index (χ0) is 9.26. The second-order valence-electron chi connectivity index (χ2n) is 2.07. The molecule has 0 spiro atoms. The predicted molar refractivity (Wildman–Crippen MR) is 72.1 cm³/mol. The summed E-state index contributed by atoms with van der Waals surface area (Å²) in [6.07, 6.45) is 0. The van der Waals surface area contributed by atoms with Gasteiger partial charge in [0, 0.05) is 0 Å². The second kappa shape index (κ2) is 31.1. The summed E-state index contributed by atoms with van der Waals surface area (Å²) < 4.78 is 37.1. The van der Waals surface area contributed by atoms with Crippen LogP contribution in [-0.2, 0) is 32.1 Å². The van der Waals surface area contributed by atoms with Crippen LogP contribution in [0.5, 0.6) is 0 Å². The molecule has 2 bridgehead atoms. The predicted octanol–water partition coefficient (Wildman–Crippen LogP) is -14.9. The summed E-state index contributed by atoms with van der Waals surface area (Å²) in [6.45, 7) is 0. The van der Waals surface area contributed by atoms with Gasteiger partial charge in [-0.15, -0.1) is 0 Å². The van der Waals surface area contributed by atoms with E-state index in [1.165, 1.54) is 0 Å². The molecule has 2 aliphatic heterocycles. The Hall–Kier alpha value is 0.285. The number of hydrogen-bond acceptors (Lipinski definition) is 8. The molecule has 0 saturated carbocycles. The summed E-state index contributed by atoms with van der Waals surface area (Å²) in [6, 6.07) is 0. The van der Waals surface area contributed by atoms with Crippen molar-refractivity contribution in [2.24, 2.45) is 0 Å². The van der Waals surface area contributed by atoms with E-state index < -0.39 is 29.3 Å². The van der Waals surface area contributed by atoms with Crippen LogP contribution >= 0.6 is 0 Å². The van der Waals surface area contributed by atoms with Gasteiger partial charge in [-0.25, -0.2) is 0 Å². The van der Waals surface area contributed by atoms with Crippen molar-refractivity contribution in [2.45, 2.75) is 0 Å². The van der Waals surface area contributed by atoms with E-state index in [9.17, 15) is 9.73 Å². The largest absolute Gasteiger partial charge is 1.00 e. The molecule has 0 aromatic heterocycles. The van der Waals surface area contributed by atoms with Gasteiger partial charge in [0.25, 0.3) is 0 Å². The Bertz CT molecular complexity index is 188. The Morgan fingerprint density at radius 2 is 1.00 bits per heavy atom. The van der Waals surface area contributed by atoms with Crippen LogP contribution in [0.25, 0.3) is 0 Å². The first-order valence-corrected chi connectivity index (χ1v) is 3.30. The number of rotatable bonds is 2. The van der Waals surface area contributed by atoms with Gasteiger partial charge in [0.05, 0.1) is 0 Å². The van der Waals surface area contributed by atoms with Gasteiger partial charge in [0.2, 0.25) is 0 Å². The van der Waals surface area contributed by atoms with E-state index in [1.807, 2.05) is 0 Å². The number of hydrogen-bond donors (Lipinski definition) is 0. The van der Waals surface area contributed by atoms with Crippen LogP contribution in [0.2, 0.25) is 0 Å². The smallest absolute Gasteiger partial charge is 1.00 e. The van der Waals surface area contributed by atoms with Crippen LogP contribution in [-0.4, -0.2) is 91.4 Å². The minimum absolute atomic E-state index is 0. The standard InChI is InChI=1S/B5O8.Na.10H2O/c6-1-8-3-11-4-9-2(7)10-5(12-3)13-4;;;;;;;;;;;/h;;10*1H2/q-1;+1;;;;;;;;;;. The Balaban J connectivity index is -0.0000000223. The molecule has 2 fully saturated rings. The van der Waals surface area contributed by atoms with E-state index in [-0.39, 0.29) is 91.7 Å². The Morgan fingerprint density at radius 1 is 0.667 bits per heavy atom. The van der Waals surface area contributed by atoms with Crippen LogP contribution in [0.1, 0.15) is 0 Å². The van der Waals surface area contributed by atoms with E-state index in [0.717, 1.165) is 0 Å². The molecule has 0 amide bonds. The minimum atomic E-state index is -1.74. The summed E-state index contributed by atoms with van der Waals surface area (Å²) in [5.74, 6) is 0. The van der Waals surface area contributed by atoms with Gasteiger partial charge in [0.1, 0.15) is 0 Å². The fourth-order valence-electron chi connectivity index (χ4n) is 0.820. The van der Waals surface area contributed by atoms with Crippen LogP contribution < -0.4 is 34.6 Å². The zero-order valence-corrected chi connectivity index (χ0v) is 14.2. The van der Waals surface area contributed by atoms with E-state index in [0.29, 0.717) is 0 Å². The van der Waals surface area contributed by atoms with Gasteiger partial charge >= 0.3 is 103 Å². The third-order valence-electron chi connectivity index (χ3n) is 1.28. The van der Waals surface area contributed by atoms with Crippen molar-refractivity contribution in [3.63, 3.8) is 0 Å². The molecule has 2 rings (SSSR count). The summed E-state index contributed by atoms with van der Waals surface area (Å²) in [5.41, 5.74) is 0. The maximum Gasteiger partial charge on any atom is 1.00 e. The molecule has 0 unspecified atom stereocenters. The van der Waals surface area contributed by atoms with Gasteiger partial charge in [-0.3, -0.25) is 0 Å². The van der Waals surface area contributed by atoms with Crippen molar-refractivity contribution in [1.29, 1.82) is 0 Å². The van der Waals surface area contributed by atoms with E-state index in [2.05, 4.69) is 27.4 Å². The van der Waals surface area contributed by atoms with Gasteiger partial charge in [0.15, 0.2) is 0 Å². The van der Waals surface area contributed by atoms with E-state index in [4.69, 9.17) is 0 Å². The van der Waals surface area contributed by atoms with Crippen LogP contribution in [0.15, 0.2) is 0 Å². The van der Waals surface area contributed by atoms with Crippen LogP contribution in [0.4, 0.5) is 0 Å². The summed E-state index contributed by atoms with van der Waals surface area (Å²) in [4.78, 5) is 0. The molecule has 18 nitrogen and oxygen atoms in total. The molecule has 0 aromatic carbocycles. The molecular formula is H20B5NaO18. The van der Waals surface area contributed by atoms with Crippen LogP contribution in [0.3, 0.4) is 0 Å². The fraction of sp³-hybridized carbons (Fsp3) is 0. The molecule has 20 N–H and O–H groups in total. The van der Waals surface area contributed by atoms with Gasteiger partial charge in [-0.05, 0) is 0 Å². The molecule has 2 saturated heterocycles. The Labute approximate surface area is 158 Å². The molecular weight excluding hydrogens is 365 g/mol. The molecule has 0 aromatic rings. The van der Waals surface area contributed by atoms with Crippen molar-refractivity contribution in [3.05, 3.63) is 0 Å². The first-order valence-electron chi connectivity index (χ1n) is 3.30. The third-order valence-corrected chi connectivity index (χ3v) is 1.28. The minimum Gasteiger partial charge on any atom is 1.00 e. The van der Waals surface area contributed by atoms with Crippen LogP contribution in [0, 0.1) is 0 Å². The van der Waals surface area contributed by atoms with Gasteiger partial charge < -0.3 is 54.8 Å². The zero-order valence-electron chi connectivity index (χ0n) is 12.2. The van der Waals surface area contributed by atoms with E-state index >= 15 is 0 Å². The second-order valence-corrected chi connectivity index (χ2v) is 2.07. The Morgan fingerprint density at radius 3 is 1.29 bits per heavy atom. The van der Waals surface area contributed by atoms with E-state index in [1.54, 1.807) is 0 Å². The maximum absolute atomic E-state index is 10.6. The normalized spacial score (nSPS) is 11.7. The average molecular weight is 385 g/mol. The Kier molecular flexibility index (Phi) is 83.6. The van der Waals surface area contributed by atoms with Crippen molar-refractivity contribution < 1.29 is 121 Å². The number of fused-ring (bicyclic) bond motifs is 2. The van der Waals surface area contributed by atoms with Crippen molar-refractivity contribution in [1.82, 2.24) is 0 Å². The molecule has 24 heavy (non-hydrogen) atoms. The summed E-state index contributed by atoms with van der Waals surface area (Å²) >= 11 is 0. The molecule has 0 radical (unpaired) electrons. The van der Waals surface area contributed by atoms with Gasteiger partial charge in [-0.2, -0.15) is 0 Å². The van der Waals surface area contributed by atoms with Crippen molar-refractivity contribution >= 4 is 36.6 Å². The topological polar surface area (TPSA) is 411 Å². The SMILES string of the molecule is O.O.O.O.O.O.O.O.O.O.O=BOB1OB2OB([O-])OB(O1)O2.[Na+]. The summed E-state index contributed by atoms with van der Waals surface area (Å²) in [7, 11) is -5.37. The molecule has 2 aliphatic rings. The van der Waals surface area contributed by atoms with Gasteiger partial charge in [-0.1, -0.05) is 0 Å². The van der Waals surface area contributed by atoms with Crippen molar-refractivity contribution in [3.8, 4) is 0 Å². The maximum atomic E-state index is 10.6. The van der Waals surface area contributed by atoms with Crippen molar-refractivity contribution in [2.75, 3.05) is 0 Å². The average Bonchev–Trinajstić information content (AvgIpc) is 2.01. The molecule has 24 heteroatoms. The molecule has 0 atom stereocenters. The summed E-state index contributed by atoms with van der Waals surface area (Å²) in [5, 5.41) is 10.6. The quantitative estimate of drug-likeness (QED) is 0.409. The monoisotopic (exact) mass is 386 g/mol. The third kappa shape index (κ3) is 18.6. The molecule has 2 heterocycles. The first-order chi connectivity index (χ1) is 6.28.